The van der Waals surface area contributed by atoms with Crippen molar-refractivity contribution in [1.82, 2.24) is 9.97 Å². The number of nitrogens with one attached hydrogen (secondary N) is 1. The summed E-state index contributed by atoms with van der Waals surface area (Å²) in [4.78, 5) is 29.0. The van der Waals surface area contributed by atoms with Gasteiger partial charge in [0.2, 0.25) is 0 Å². The fourth-order valence-corrected chi connectivity index (χ4v) is 2.17. The third-order valence-corrected chi connectivity index (χ3v) is 3.12. The number of hydrogen-bond donors (Lipinski definition) is 3. The molecule has 0 aliphatic carbocycles. The summed E-state index contributed by atoms with van der Waals surface area (Å²) in [6, 6.07) is 0. The number of rotatable bonds is 4. The molecule has 0 saturated carbocycles. The van der Waals surface area contributed by atoms with E-state index in [1.807, 2.05) is 0 Å². The molecule has 0 bridgehead atoms. The van der Waals surface area contributed by atoms with Crippen molar-refractivity contribution in [2.45, 2.75) is 38.2 Å². The zero-order valence-corrected chi connectivity index (χ0v) is 10.5. The van der Waals surface area contributed by atoms with E-state index in [1.165, 1.54) is 0 Å². The second-order valence-corrected chi connectivity index (χ2v) is 4.64. The van der Waals surface area contributed by atoms with Crippen LogP contribution >= 0.6 is 0 Å². The van der Waals surface area contributed by atoms with Crippen molar-refractivity contribution in [2.24, 2.45) is 0 Å². The minimum Gasteiger partial charge on any atom is -0.481 e. The lowest BCUT2D eigenvalue weighted by molar-refractivity contribution is -0.136. The molecular formula is C12H17N3O4. The highest BCUT2D eigenvalue weighted by atomic mass is 16.5. The Morgan fingerprint density at radius 2 is 2.32 bits per heavy atom. The largest absolute Gasteiger partial charge is 0.481 e. The van der Waals surface area contributed by atoms with Gasteiger partial charge >= 0.3 is 5.97 Å². The van der Waals surface area contributed by atoms with E-state index in [2.05, 4.69) is 9.97 Å². The Hall–Kier alpha value is -1.89. The van der Waals surface area contributed by atoms with Gasteiger partial charge in [-0.25, -0.2) is 4.98 Å². The number of carboxylic acid groups (broad SMARTS) is 1. The van der Waals surface area contributed by atoms with Crippen molar-refractivity contribution in [1.29, 1.82) is 0 Å². The number of nitrogens with two attached hydrogens (primary N) is 1. The number of aromatic amines is 1. The zero-order valence-electron chi connectivity index (χ0n) is 10.5. The van der Waals surface area contributed by atoms with E-state index in [9.17, 15) is 9.59 Å². The molecule has 19 heavy (non-hydrogen) atoms. The lowest BCUT2D eigenvalue weighted by Crippen LogP contribution is -2.26. The lowest BCUT2D eigenvalue weighted by atomic mass is 10.1. The maximum atomic E-state index is 11.8. The maximum Gasteiger partial charge on any atom is 0.308 e. The summed E-state index contributed by atoms with van der Waals surface area (Å²) < 4.78 is 5.56. The fraction of sp³-hybridized carbons (Fsp3) is 0.583. The van der Waals surface area contributed by atoms with Crippen molar-refractivity contribution in [2.75, 3.05) is 12.3 Å². The molecule has 1 aliphatic rings. The van der Waals surface area contributed by atoms with Crippen LogP contribution in [0.5, 0.6) is 0 Å². The van der Waals surface area contributed by atoms with Gasteiger partial charge in [0.05, 0.1) is 18.1 Å². The SMILES string of the molecule is Nc1nc(CC2CCCCO2)[nH]c(=O)c1CC(=O)O. The Bertz CT molecular complexity index is 520. The predicted octanol–water partition coefficient (Wildman–Crippen LogP) is 0.0908. The van der Waals surface area contributed by atoms with Crippen LogP contribution < -0.4 is 11.3 Å². The molecule has 2 rings (SSSR count). The minimum atomic E-state index is -1.11. The molecule has 0 aromatic carbocycles. The van der Waals surface area contributed by atoms with Crippen LogP contribution in [0.2, 0.25) is 0 Å². The molecule has 1 aliphatic heterocycles. The van der Waals surface area contributed by atoms with Gasteiger partial charge in [0, 0.05) is 13.0 Å². The smallest absolute Gasteiger partial charge is 0.308 e. The first-order valence-corrected chi connectivity index (χ1v) is 6.27. The summed E-state index contributed by atoms with van der Waals surface area (Å²) in [5, 5.41) is 8.69. The van der Waals surface area contributed by atoms with Crippen molar-refractivity contribution in [3.05, 3.63) is 21.7 Å². The van der Waals surface area contributed by atoms with Gasteiger partial charge in [-0.2, -0.15) is 0 Å². The molecule has 1 aromatic rings. The Morgan fingerprint density at radius 3 is 2.89 bits per heavy atom. The number of aliphatic carboxylic acids is 1. The van der Waals surface area contributed by atoms with Crippen LogP contribution in [0.3, 0.4) is 0 Å². The van der Waals surface area contributed by atoms with E-state index in [4.69, 9.17) is 15.6 Å². The van der Waals surface area contributed by atoms with Crippen molar-refractivity contribution in [3.63, 3.8) is 0 Å². The van der Waals surface area contributed by atoms with Crippen LogP contribution in [-0.2, 0) is 22.4 Å². The molecule has 1 fully saturated rings. The summed E-state index contributed by atoms with van der Waals surface area (Å²) >= 11 is 0. The normalized spacial score (nSPS) is 19.3. The minimum absolute atomic E-state index is 0.000752. The summed E-state index contributed by atoms with van der Waals surface area (Å²) in [5.41, 5.74) is 5.16. The number of carboxylic acids is 1. The molecule has 1 saturated heterocycles. The Labute approximate surface area is 109 Å². The third kappa shape index (κ3) is 3.54. The molecule has 1 unspecified atom stereocenters. The van der Waals surface area contributed by atoms with E-state index in [1.54, 1.807) is 0 Å². The maximum absolute atomic E-state index is 11.8. The van der Waals surface area contributed by atoms with Gasteiger partial charge in [-0.1, -0.05) is 0 Å². The molecular weight excluding hydrogens is 250 g/mol. The number of ether oxygens (including phenoxy) is 1. The Balaban J connectivity index is 2.14. The van der Waals surface area contributed by atoms with Crippen molar-refractivity contribution < 1.29 is 14.6 Å². The molecule has 7 heteroatoms. The second-order valence-electron chi connectivity index (χ2n) is 4.64. The number of carbonyl (C=O) groups is 1. The zero-order chi connectivity index (χ0) is 13.8. The van der Waals surface area contributed by atoms with Gasteiger partial charge in [-0.15, -0.1) is 0 Å². The number of nitrogen functional groups attached to an aromatic ring is 1. The summed E-state index contributed by atoms with van der Waals surface area (Å²) in [7, 11) is 0. The van der Waals surface area contributed by atoms with Crippen LogP contribution in [0.25, 0.3) is 0 Å². The van der Waals surface area contributed by atoms with E-state index in [0.717, 1.165) is 25.9 Å². The first kappa shape index (κ1) is 13.5. The monoisotopic (exact) mass is 267 g/mol. The summed E-state index contributed by atoms with van der Waals surface area (Å²) in [6.45, 7) is 0.724. The quantitative estimate of drug-likeness (QED) is 0.711. The molecule has 104 valence electrons. The Kier molecular flexibility index (Phi) is 4.16. The van der Waals surface area contributed by atoms with Gasteiger partial charge in [-0.3, -0.25) is 9.59 Å². The van der Waals surface area contributed by atoms with Gasteiger partial charge in [0.15, 0.2) is 0 Å². The van der Waals surface area contributed by atoms with Crippen molar-refractivity contribution in [3.8, 4) is 0 Å². The van der Waals surface area contributed by atoms with Gasteiger partial charge in [0.1, 0.15) is 11.6 Å². The third-order valence-electron chi connectivity index (χ3n) is 3.12. The number of aromatic nitrogens is 2. The summed E-state index contributed by atoms with van der Waals surface area (Å²) in [6.07, 6.45) is 3.20. The lowest BCUT2D eigenvalue weighted by Gasteiger charge is -2.22. The highest BCUT2D eigenvalue weighted by Crippen LogP contribution is 2.16. The molecule has 0 spiro atoms. The highest BCUT2D eigenvalue weighted by Gasteiger charge is 2.18. The molecule has 0 radical (unpaired) electrons. The van der Waals surface area contributed by atoms with Crippen molar-refractivity contribution >= 4 is 11.8 Å². The highest BCUT2D eigenvalue weighted by molar-refractivity contribution is 5.71. The van der Waals surface area contributed by atoms with Gasteiger partial charge < -0.3 is 20.6 Å². The van der Waals surface area contributed by atoms with Crippen LogP contribution in [0.1, 0.15) is 30.7 Å². The summed E-state index contributed by atoms with van der Waals surface area (Å²) in [5.74, 6) is -0.678. The average Bonchev–Trinajstić information content (AvgIpc) is 2.35. The van der Waals surface area contributed by atoms with Crippen LogP contribution in [0, 0.1) is 0 Å². The first-order chi connectivity index (χ1) is 9.06. The van der Waals surface area contributed by atoms with E-state index >= 15 is 0 Å². The molecule has 0 amide bonds. The Morgan fingerprint density at radius 1 is 1.53 bits per heavy atom. The van der Waals surface area contributed by atoms with Gasteiger partial charge in [-0.05, 0) is 19.3 Å². The van der Waals surface area contributed by atoms with E-state index < -0.39 is 17.9 Å². The number of hydrogen-bond acceptors (Lipinski definition) is 5. The standard InChI is InChI=1S/C12H17N3O4/c13-11-8(6-10(16)17)12(18)15-9(14-11)5-7-3-1-2-4-19-7/h7H,1-6H2,(H,16,17)(H3,13,14,15,18). The number of H-pyrrole nitrogens is 1. The molecule has 1 aromatic heterocycles. The van der Waals surface area contributed by atoms with E-state index in [-0.39, 0.29) is 17.5 Å². The van der Waals surface area contributed by atoms with Gasteiger partial charge in [0.25, 0.3) is 5.56 Å². The topological polar surface area (TPSA) is 118 Å². The predicted molar refractivity (Wildman–Crippen MR) is 67.9 cm³/mol. The van der Waals surface area contributed by atoms with E-state index in [0.29, 0.717) is 12.2 Å². The van der Waals surface area contributed by atoms with Crippen LogP contribution in [0.15, 0.2) is 4.79 Å². The molecule has 7 nitrogen and oxygen atoms in total. The average molecular weight is 267 g/mol. The van der Waals surface area contributed by atoms with Crippen LogP contribution in [-0.4, -0.2) is 33.8 Å². The number of anilines is 1. The molecule has 1 atom stereocenters. The first-order valence-electron chi connectivity index (χ1n) is 6.27. The molecule has 2 heterocycles. The molecule has 4 N–H and O–H groups in total. The second kappa shape index (κ2) is 5.83. The number of nitrogens with zero attached hydrogens (tertiary/aromatic N) is 1. The van der Waals surface area contributed by atoms with Crippen LogP contribution in [0.4, 0.5) is 5.82 Å². The fourth-order valence-electron chi connectivity index (χ4n) is 2.17.